The third kappa shape index (κ3) is 6.38. The van der Waals surface area contributed by atoms with Crippen LogP contribution in [0.15, 0.2) is 90.5 Å². The highest BCUT2D eigenvalue weighted by Gasteiger charge is 2.24. The fraction of sp³-hybridized carbons (Fsp3) is 0.310. The minimum Gasteiger partial charge on any atom is -0.489 e. The number of hydrogen-bond donors (Lipinski definition) is 0. The highest BCUT2D eigenvalue weighted by atomic mass is 19.1. The lowest BCUT2D eigenvalue weighted by Crippen LogP contribution is -2.45. The molecule has 4 rings (SSSR count). The Morgan fingerprint density at radius 2 is 1.61 bits per heavy atom. The normalized spacial score (nSPS) is 14.1. The van der Waals surface area contributed by atoms with Crippen LogP contribution in [0.1, 0.15) is 32.3 Å². The zero-order valence-electron chi connectivity index (χ0n) is 19.6. The van der Waals surface area contributed by atoms with Crippen LogP contribution >= 0.6 is 0 Å². The maximum atomic E-state index is 13.3. The lowest BCUT2D eigenvalue weighted by Gasteiger charge is -2.40. The van der Waals surface area contributed by atoms with E-state index in [2.05, 4.69) is 66.1 Å². The number of allylic oxidation sites excluding steroid dienone is 1. The van der Waals surface area contributed by atoms with Crippen molar-refractivity contribution in [2.45, 2.75) is 39.3 Å². The summed E-state index contributed by atoms with van der Waals surface area (Å²) in [6.45, 7) is 7.71. The summed E-state index contributed by atoms with van der Waals surface area (Å²) >= 11 is 0. The van der Waals surface area contributed by atoms with Gasteiger partial charge in [-0.2, -0.15) is 0 Å². The molecule has 3 nitrogen and oxygen atoms in total. The van der Waals surface area contributed by atoms with Crippen LogP contribution in [-0.4, -0.2) is 25.7 Å². The number of piperidine rings is 1. The van der Waals surface area contributed by atoms with Crippen molar-refractivity contribution < 1.29 is 9.13 Å². The first kappa shape index (κ1) is 22.9. The molecule has 3 aromatic carbocycles. The molecule has 0 aromatic heterocycles. The van der Waals surface area contributed by atoms with Crippen molar-refractivity contribution in [1.29, 1.82) is 0 Å². The van der Waals surface area contributed by atoms with Crippen molar-refractivity contribution in [3.63, 3.8) is 0 Å². The molecule has 0 saturated carbocycles. The van der Waals surface area contributed by atoms with Gasteiger partial charge in [0.1, 0.15) is 18.2 Å². The predicted molar refractivity (Wildman–Crippen MR) is 136 cm³/mol. The molecule has 1 aliphatic heterocycles. The van der Waals surface area contributed by atoms with Crippen molar-refractivity contribution >= 4 is 11.4 Å². The van der Waals surface area contributed by atoms with E-state index in [-0.39, 0.29) is 5.82 Å². The van der Waals surface area contributed by atoms with Gasteiger partial charge in [-0.05, 0) is 80.8 Å². The van der Waals surface area contributed by atoms with E-state index in [0.717, 1.165) is 43.9 Å². The Balaban J connectivity index is 1.41. The van der Waals surface area contributed by atoms with Crippen molar-refractivity contribution in [3.8, 4) is 5.75 Å². The Bertz CT molecular complexity index is 1020. The quantitative estimate of drug-likeness (QED) is 0.354. The van der Waals surface area contributed by atoms with Crippen LogP contribution in [0.5, 0.6) is 5.75 Å². The van der Waals surface area contributed by atoms with Crippen LogP contribution in [0.4, 0.5) is 15.8 Å². The summed E-state index contributed by atoms with van der Waals surface area (Å²) in [6.07, 6.45) is 4.44. The fourth-order valence-corrected chi connectivity index (χ4v) is 4.31. The summed E-state index contributed by atoms with van der Waals surface area (Å²) in [5.74, 6) is 0.702. The molecule has 1 aliphatic rings. The van der Waals surface area contributed by atoms with Gasteiger partial charge in [0.2, 0.25) is 0 Å². The van der Waals surface area contributed by atoms with Crippen molar-refractivity contribution in [3.05, 3.63) is 102 Å². The topological polar surface area (TPSA) is 15.7 Å². The number of anilines is 2. The predicted octanol–water partition coefficient (Wildman–Crippen LogP) is 6.85. The van der Waals surface area contributed by atoms with Crippen LogP contribution in [0.3, 0.4) is 0 Å². The number of rotatable bonds is 8. The lowest BCUT2D eigenvalue weighted by atomic mass is 10.0. The molecule has 0 bridgehead atoms. The van der Waals surface area contributed by atoms with Gasteiger partial charge in [0.15, 0.2) is 0 Å². The van der Waals surface area contributed by atoms with Crippen LogP contribution in [-0.2, 0) is 6.61 Å². The SMILES string of the molecule is CC(C)=CCN(c1ccc(OCc2ccccc2)cc1)C1CCN(c2ccc(F)cc2)CC1. The van der Waals surface area contributed by atoms with E-state index in [1.54, 1.807) is 12.1 Å². The van der Waals surface area contributed by atoms with E-state index < -0.39 is 0 Å². The molecule has 0 unspecified atom stereocenters. The van der Waals surface area contributed by atoms with Gasteiger partial charge in [0.25, 0.3) is 0 Å². The van der Waals surface area contributed by atoms with Gasteiger partial charge < -0.3 is 14.5 Å². The van der Waals surface area contributed by atoms with Crippen molar-refractivity contribution in [2.75, 3.05) is 29.4 Å². The molecule has 1 heterocycles. The number of nitrogens with zero attached hydrogens (tertiary/aromatic N) is 2. The van der Waals surface area contributed by atoms with Gasteiger partial charge >= 0.3 is 0 Å². The molecule has 0 aliphatic carbocycles. The van der Waals surface area contributed by atoms with E-state index in [4.69, 9.17) is 4.74 Å². The number of ether oxygens (including phenoxy) is 1. The molecule has 0 amide bonds. The second-order valence-electron chi connectivity index (χ2n) is 8.90. The zero-order valence-corrected chi connectivity index (χ0v) is 19.6. The van der Waals surface area contributed by atoms with Gasteiger partial charge in [0, 0.05) is 37.1 Å². The average Bonchev–Trinajstić information content (AvgIpc) is 2.85. The van der Waals surface area contributed by atoms with E-state index in [1.165, 1.54) is 16.8 Å². The highest BCUT2D eigenvalue weighted by Crippen LogP contribution is 2.28. The Labute approximate surface area is 197 Å². The molecule has 3 aromatic rings. The first-order chi connectivity index (χ1) is 16.1. The molecule has 172 valence electrons. The molecule has 33 heavy (non-hydrogen) atoms. The minimum atomic E-state index is -0.183. The third-order valence-corrected chi connectivity index (χ3v) is 6.21. The van der Waals surface area contributed by atoms with Crippen molar-refractivity contribution in [2.24, 2.45) is 0 Å². The summed E-state index contributed by atoms with van der Waals surface area (Å²) in [4.78, 5) is 4.87. The summed E-state index contributed by atoms with van der Waals surface area (Å²) < 4.78 is 19.3. The monoisotopic (exact) mass is 444 g/mol. The van der Waals surface area contributed by atoms with Crippen LogP contribution in [0.2, 0.25) is 0 Å². The fourth-order valence-electron chi connectivity index (χ4n) is 4.31. The van der Waals surface area contributed by atoms with E-state index in [0.29, 0.717) is 12.6 Å². The molecule has 0 atom stereocenters. The Kier molecular flexibility index (Phi) is 7.66. The first-order valence-electron chi connectivity index (χ1n) is 11.8. The van der Waals surface area contributed by atoms with E-state index in [9.17, 15) is 4.39 Å². The third-order valence-electron chi connectivity index (χ3n) is 6.21. The van der Waals surface area contributed by atoms with E-state index >= 15 is 0 Å². The number of hydrogen-bond acceptors (Lipinski definition) is 3. The number of halogens is 1. The highest BCUT2D eigenvalue weighted by molar-refractivity contribution is 5.52. The summed E-state index contributed by atoms with van der Waals surface area (Å²) in [6, 6.07) is 26.0. The molecule has 1 saturated heterocycles. The average molecular weight is 445 g/mol. The summed E-state index contributed by atoms with van der Waals surface area (Å²) in [7, 11) is 0. The van der Waals surface area contributed by atoms with Crippen molar-refractivity contribution in [1.82, 2.24) is 0 Å². The first-order valence-corrected chi connectivity index (χ1v) is 11.8. The number of benzene rings is 3. The van der Waals surface area contributed by atoms with Crippen LogP contribution in [0.25, 0.3) is 0 Å². The van der Waals surface area contributed by atoms with Crippen LogP contribution in [0, 0.1) is 5.82 Å². The molecule has 0 spiro atoms. The van der Waals surface area contributed by atoms with E-state index in [1.807, 2.05) is 30.3 Å². The molecule has 0 N–H and O–H groups in total. The van der Waals surface area contributed by atoms with Gasteiger partial charge in [-0.15, -0.1) is 0 Å². The van der Waals surface area contributed by atoms with Gasteiger partial charge in [0.05, 0.1) is 0 Å². The zero-order chi connectivity index (χ0) is 23.0. The minimum absolute atomic E-state index is 0.183. The lowest BCUT2D eigenvalue weighted by molar-refractivity contribution is 0.306. The second-order valence-corrected chi connectivity index (χ2v) is 8.90. The molecule has 4 heteroatoms. The maximum Gasteiger partial charge on any atom is 0.123 e. The Hall–Kier alpha value is -3.27. The smallest absolute Gasteiger partial charge is 0.123 e. The maximum absolute atomic E-state index is 13.3. The van der Waals surface area contributed by atoms with Gasteiger partial charge in [-0.3, -0.25) is 0 Å². The summed E-state index contributed by atoms with van der Waals surface area (Å²) in [5, 5.41) is 0. The molecule has 0 radical (unpaired) electrons. The molecule has 1 fully saturated rings. The summed E-state index contributed by atoms with van der Waals surface area (Å²) in [5.41, 5.74) is 4.82. The largest absolute Gasteiger partial charge is 0.489 e. The van der Waals surface area contributed by atoms with Gasteiger partial charge in [-0.25, -0.2) is 4.39 Å². The molecular weight excluding hydrogens is 411 g/mol. The Morgan fingerprint density at radius 1 is 0.939 bits per heavy atom. The Morgan fingerprint density at radius 3 is 2.24 bits per heavy atom. The standard InChI is InChI=1S/C29H33FN2O/c1-23(2)16-21-32(28-17-19-31(20-18-28)26-10-8-25(30)9-11-26)27-12-14-29(15-13-27)33-22-24-6-4-3-5-7-24/h3-16,28H,17-22H2,1-2H3. The van der Waals surface area contributed by atoms with Gasteiger partial charge in [-0.1, -0.05) is 42.0 Å². The second kappa shape index (κ2) is 11.0. The van der Waals surface area contributed by atoms with Crippen LogP contribution < -0.4 is 14.5 Å². The molecular formula is C29H33FN2O.